The maximum absolute atomic E-state index is 13.8. The van der Waals surface area contributed by atoms with Gasteiger partial charge in [0.05, 0.1) is 13.7 Å². The van der Waals surface area contributed by atoms with Crippen molar-refractivity contribution in [3.05, 3.63) is 59.8 Å². The minimum atomic E-state index is -0.564. The van der Waals surface area contributed by atoms with Crippen molar-refractivity contribution in [3.63, 3.8) is 0 Å². The van der Waals surface area contributed by atoms with Gasteiger partial charge in [-0.1, -0.05) is 0 Å². The van der Waals surface area contributed by atoms with E-state index in [2.05, 4.69) is 10.3 Å². The molecular formula is C28H32N4O5. The molecule has 1 N–H and O–H groups in total. The Morgan fingerprint density at radius 3 is 2.22 bits per heavy atom. The van der Waals surface area contributed by atoms with E-state index < -0.39 is 5.97 Å². The van der Waals surface area contributed by atoms with Crippen molar-refractivity contribution in [2.45, 2.75) is 32.6 Å². The highest BCUT2D eigenvalue weighted by Crippen LogP contribution is 2.30. The number of amides is 2. The molecule has 2 aromatic carbocycles. The minimum Gasteiger partial charge on any atom is -0.497 e. The molecule has 2 aliphatic heterocycles. The molecule has 0 saturated carbocycles. The average molecular weight is 505 g/mol. The van der Waals surface area contributed by atoms with Gasteiger partial charge in [-0.2, -0.15) is 0 Å². The number of esters is 1. The van der Waals surface area contributed by atoms with Crippen LogP contribution in [-0.2, 0) is 19.1 Å². The fourth-order valence-electron chi connectivity index (χ4n) is 4.59. The van der Waals surface area contributed by atoms with E-state index in [-0.39, 0.29) is 29.8 Å². The van der Waals surface area contributed by atoms with E-state index in [0.29, 0.717) is 48.6 Å². The Hall–Kier alpha value is -4.14. The zero-order chi connectivity index (χ0) is 26.4. The third-order valence-corrected chi connectivity index (χ3v) is 6.48. The van der Waals surface area contributed by atoms with E-state index in [4.69, 9.17) is 9.47 Å². The number of carbonyl (C=O) groups is 3. The summed E-state index contributed by atoms with van der Waals surface area (Å²) in [4.78, 5) is 46.4. The number of ether oxygens (including phenoxy) is 2. The Morgan fingerprint density at radius 1 is 0.946 bits per heavy atom. The molecule has 2 aliphatic rings. The summed E-state index contributed by atoms with van der Waals surface area (Å²) in [6, 6.07) is 14.6. The molecule has 1 fully saturated rings. The van der Waals surface area contributed by atoms with Gasteiger partial charge in [0.15, 0.2) is 0 Å². The van der Waals surface area contributed by atoms with Crippen LogP contribution < -0.4 is 19.9 Å². The summed E-state index contributed by atoms with van der Waals surface area (Å²) >= 11 is 0. The molecule has 0 bridgehead atoms. The van der Waals surface area contributed by atoms with E-state index in [0.717, 1.165) is 18.5 Å². The van der Waals surface area contributed by atoms with Crippen LogP contribution in [0, 0.1) is 0 Å². The lowest BCUT2D eigenvalue weighted by atomic mass is 9.98. The Bertz CT molecular complexity index is 1220. The number of carbonyl (C=O) groups excluding carboxylic acids is 3. The summed E-state index contributed by atoms with van der Waals surface area (Å²) in [5, 5.41) is 3.20. The molecule has 0 spiro atoms. The van der Waals surface area contributed by atoms with Gasteiger partial charge in [0.1, 0.15) is 17.2 Å². The Balaban J connectivity index is 1.66. The molecule has 2 amide bonds. The summed E-state index contributed by atoms with van der Waals surface area (Å²) in [6.45, 7) is 3.00. The number of hydrogen-bond acceptors (Lipinski definition) is 7. The molecule has 0 radical (unpaired) electrons. The standard InChI is InChI=1S/C28H32N4O5/c1-4-37-28(35)26(29-2)23-16-18-32(27(34)25(23)30-19-8-14-22(36-3)15-9-19)21-12-10-20(11-13-21)31-17-6-5-7-24(31)33/h8-15,30H,4-7,16-18H2,1-3H3. The van der Waals surface area contributed by atoms with E-state index in [1.807, 2.05) is 24.3 Å². The first kappa shape index (κ1) is 25.9. The van der Waals surface area contributed by atoms with Crippen LogP contribution in [0.25, 0.3) is 0 Å². The van der Waals surface area contributed by atoms with Crippen LogP contribution in [0.15, 0.2) is 64.8 Å². The largest absolute Gasteiger partial charge is 0.497 e. The Labute approximate surface area is 216 Å². The first-order chi connectivity index (χ1) is 18.0. The van der Waals surface area contributed by atoms with Crippen LogP contribution in [-0.4, -0.2) is 57.3 Å². The first-order valence-corrected chi connectivity index (χ1v) is 12.5. The summed E-state index contributed by atoms with van der Waals surface area (Å²) in [5.41, 5.74) is 3.10. The van der Waals surface area contributed by atoms with Crippen LogP contribution in [0.5, 0.6) is 5.75 Å². The van der Waals surface area contributed by atoms with Crippen molar-refractivity contribution in [3.8, 4) is 5.75 Å². The Morgan fingerprint density at radius 2 is 1.62 bits per heavy atom. The van der Waals surface area contributed by atoms with Gasteiger partial charge in [0.2, 0.25) is 5.91 Å². The van der Waals surface area contributed by atoms with Crippen LogP contribution >= 0.6 is 0 Å². The van der Waals surface area contributed by atoms with Gasteiger partial charge >= 0.3 is 5.97 Å². The number of anilines is 3. The van der Waals surface area contributed by atoms with Crippen molar-refractivity contribution >= 4 is 40.6 Å². The molecule has 2 aromatic rings. The summed E-state index contributed by atoms with van der Waals surface area (Å²) in [5.74, 6) is -0.0435. The lowest BCUT2D eigenvalue weighted by molar-refractivity contribution is -0.135. The maximum Gasteiger partial charge on any atom is 0.356 e. The van der Waals surface area contributed by atoms with Gasteiger partial charge in [0, 0.05) is 49.2 Å². The SMILES string of the molecule is CCOC(=O)C(=NC)C1=C(Nc2ccc(OC)cc2)C(=O)N(c2ccc(N3CCCCC3=O)cc2)CC1. The molecule has 0 unspecified atom stereocenters. The second-order valence-electron chi connectivity index (χ2n) is 8.73. The summed E-state index contributed by atoms with van der Waals surface area (Å²) in [7, 11) is 3.10. The molecule has 0 aromatic heterocycles. The molecule has 4 rings (SSSR count). The average Bonchev–Trinajstić information content (AvgIpc) is 2.92. The van der Waals surface area contributed by atoms with Gasteiger partial charge in [-0.15, -0.1) is 0 Å². The lowest BCUT2D eigenvalue weighted by Crippen LogP contribution is -2.42. The molecular weight excluding hydrogens is 472 g/mol. The number of aliphatic imine (C=N–C) groups is 1. The minimum absolute atomic E-state index is 0.122. The number of methoxy groups -OCH3 is 1. The zero-order valence-corrected chi connectivity index (χ0v) is 21.5. The highest BCUT2D eigenvalue weighted by Gasteiger charge is 2.33. The topological polar surface area (TPSA) is 101 Å². The third kappa shape index (κ3) is 5.66. The monoisotopic (exact) mass is 504 g/mol. The van der Waals surface area contributed by atoms with Gasteiger partial charge < -0.3 is 24.6 Å². The molecule has 9 heteroatoms. The van der Waals surface area contributed by atoms with E-state index in [1.54, 1.807) is 48.1 Å². The Kier molecular flexibility index (Phi) is 8.22. The predicted octanol–water partition coefficient (Wildman–Crippen LogP) is 3.95. The van der Waals surface area contributed by atoms with Crippen molar-refractivity contribution < 1.29 is 23.9 Å². The van der Waals surface area contributed by atoms with E-state index in [1.165, 1.54) is 7.05 Å². The van der Waals surface area contributed by atoms with Crippen LogP contribution in [0.2, 0.25) is 0 Å². The third-order valence-electron chi connectivity index (χ3n) is 6.48. The number of hydrogen-bond donors (Lipinski definition) is 1. The molecule has 0 aliphatic carbocycles. The van der Waals surface area contributed by atoms with Crippen molar-refractivity contribution in [1.82, 2.24) is 0 Å². The molecule has 37 heavy (non-hydrogen) atoms. The highest BCUT2D eigenvalue weighted by molar-refractivity contribution is 6.44. The van der Waals surface area contributed by atoms with Crippen LogP contribution in [0.1, 0.15) is 32.6 Å². The maximum atomic E-state index is 13.8. The van der Waals surface area contributed by atoms with Crippen LogP contribution in [0.4, 0.5) is 17.1 Å². The number of nitrogens with zero attached hydrogens (tertiary/aromatic N) is 3. The van der Waals surface area contributed by atoms with Crippen molar-refractivity contribution in [2.75, 3.05) is 49.0 Å². The highest BCUT2D eigenvalue weighted by atomic mass is 16.5. The molecule has 0 atom stereocenters. The summed E-state index contributed by atoms with van der Waals surface area (Å²) in [6.07, 6.45) is 2.86. The van der Waals surface area contributed by atoms with Gasteiger partial charge in [-0.3, -0.25) is 14.6 Å². The predicted molar refractivity (Wildman–Crippen MR) is 143 cm³/mol. The van der Waals surface area contributed by atoms with Crippen molar-refractivity contribution in [2.24, 2.45) is 4.99 Å². The molecule has 2 heterocycles. The second kappa shape index (κ2) is 11.7. The number of rotatable bonds is 8. The zero-order valence-electron chi connectivity index (χ0n) is 21.5. The fraction of sp³-hybridized carbons (Fsp3) is 0.357. The smallest absolute Gasteiger partial charge is 0.356 e. The quantitative estimate of drug-likeness (QED) is 0.432. The first-order valence-electron chi connectivity index (χ1n) is 12.5. The van der Waals surface area contributed by atoms with E-state index in [9.17, 15) is 14.4 Å². The van der Waals surface area contributed by atoms with Crippen molar-refractivity contribution in [1.29, 1.82) is 0 Å². The van der Waals surface area contributed by atoms with Gasteiger partial charge in [-0.05, 0) is 74.7 Å². The number of piperidine rings is 1. The van der Waals surface area contributed by atoms with Gasteiger partial charge in [0.25, 0.3) is 5.91 Å². The van der Waals surface area contributed by atoms with E-state index >= 15 is 0 Å². The molecule has 194 valence electrons. The fourth-order valence-corrected chi connectivity index (χ4v) is 4.59. The number of nitrogens with one attached hydrogen (secondary N) is 1. The van der Waals surface area contributed by atoms with Gasteiger partial charge in [-0.25, -0.2) is 4.79 Å². The summed E-state index contributed by atoms with van der Waals surface area (Å²) < 4.78 is 10.4. The van der Waals surface area contributed by atoms with Crippen LogP contribution in [0.3, 0.4) is 0 Å². The lowest BCUT2D eigenvalue weighted by Gasteiger charge is -2.32. The normalized spacial score (nSPS) is 16.7. The second-order valence-corrected chi connectivity index (χ2v) is 8.73. The number of benzene rings is 2. The molecule has 9 nitrogen and oxygen atoms in total. The molecule has 1 saturated heterocycles.